The maximum absolute atomic E-state index is 14.3. The van der Waals surface area contributed by atoms with Gasteiger partial charge in [0.1, 0.15) is 24.1 Å². The molecule has 11 rings (SSSR count). The zero-order valence-electron chi connectivity index (χ0n) is 40.1. The summed E-state index contributed by atoms with van der Waals surface area (Å²) in [7, 11) is -4.70. The molecule has 17 heteroatoms. The van der Waals surface area contributed by atoms with E-state index in [1.807, 2.05) is 19.1 Å². The number of rotatable bonds is 13. The summed E-state index contributed by atoms with van der Waals surface area (Å²) in [4.78, 5) is 38.6. The monoisotopic (exact) mass is 973 g/mol. The minimum Gasteiger partial charge on any atom is -0.489 e. The number of aromatic amines is 1. The van der Waals surface area contributed by atoms with Gasteiger partial charge in [-0.2, -0.15) is 4.98 Å². The van der Waals surface area contributed by atoms with Crippen LogP contribution in [0.15, 0.2) is 77.8 Å². The zero-order valence-corrected chi connectivity index (χ0v) is 40.9. The Bertz CT molecular complexity index is 2930. The number of anilines is 2. The van der Waals surface area contributed by atoms with Gasteiger partial charge < -0.3 is 34.5 Å². The number of likely N-dealkylation sites (tertiary alicyclic amines) is 1. The van der Waals surface area contributed by atoms with Crippen LogP contribution in [0.4, 0.5) is 17.1 Å². The van der Waals surface area contributed by atoms with E-state index in [0.29, 0.717) is 49.3 Å². The molecule has 3 aliphatic carbocycles. The van der Waals surface area contributed by atoms with Crippen LogP contribution in [0.25, 0.3) is 11.0 Å². The highest BCUT2D eigenvalue weighted by Crippen LogP contribution is 2.55. The molecule has 3 saturated carbocycles. The van der Waals surface area contributed by atoms with Crippen molar-refractivity contribution in [1.29, 1.82) is 0 Å². The number of nitrogens with zero attached hydrogens (tertiary/aromatic N) is 4. The minimum atomic E-state index is -4.70. The Kier molecular flexibility index (Phi) is 12.0. The smallest absolute Gasteiger partial charge is 0.297 e. The standard InChI is InChI=1S/C53H63N7O9S/c1-32(2)39-7-4-5-8-40(39)43-9-6-22-59(43)36-29-53(30-36)19-23-58(24-20-53)35-10-13-41(45(26-35)69-47-25-34-16-21-54-49(34)56-51(47)68-37-11-12-37)50(61)57-70(65,66)38-27-44(60(63)64)48-46(28-38)67-31-42(55-48)33-14-17-52(3,62)18-15-33/h4-5,7-8,10,13,16,21,25-28,32-33,36-37,42-43,55,62H,6,9,11-12,14-15,17-20,22-24,29-31H2,1-3H3,(H,54,56)(H,57,61)/t33?,42-,43+,52?/m1/s1. The number of piperidine rings is 1. The Balaban J connectivity index is 0.833. The van der Waals surface area contributed by atoms with Gasteiger partial charge in [0.15, 0.2) is 17.2 Å². The lowest BCUT2D eigenvalue weighted by molar-refractivity contribution is -0.384. The number of benzene rings is 3. The number of nitro groups is 1. The van der Waals surface area contributed by atoms with Crippen molar-refractivity contribution in [2.45, 2.75) is 138 Å². The van der Waals surface area contributed by atoms with Crippen molar-refractivity contribution in [3.05, 3.63) is 99.7 Å². The van der Waals surface area contributed by atoms with Crippen LogP contribution in [0, 0.1) is 21.4 Å². The molecule has 1 spiro atoms. The Labute approximate surface area is 408 Å². The average Bonchev–Trinajstić information content (AvgIpc) is 3.81. The van der Waals surface area contributed by atoms with E-state index < -0.39 is 37.0 Å². The predicted octanol–water partition coefficient (Wildman–Crippen LogP) is 9.75. The third-order valence-electron chi connectivity index (χ3n) is 16.2. The van der Waals surface area contributed by atoms with Gasteiger partial charge in [-0.05, 0) is 143 Å². The molecule has 4 N–H and O–H groups in total. The van der Waals surface area contributed by atoms with E-state index in [1.54, 1.807) is 24.4 Å². The number of carbonyl (C=O) groups is 1. The number of H-pyrrole nitrogens is 1. The SMILES string of the molecule is CC(C)c1ccccc1[C@@H]1CCCN1C1CC2(CCN(c3ccc(C(=O)NS(=O)(=O)c4cc5c(c([N+](=O)[O-])c4)N[C@@H](C4CCC(C)(O)CC4)CO5)c(Oc4cc5cc[nH]c5nc4OC4CC4)c3)CC2)C1. The van der Waals surface area contributed by atoms with Crippen molar-refractivity contribution < 1.29 is 37.5 Å². The molecule has 370 valence electrons. The first-order valence-corrected chi connectivity index (χ1v) is 26.7. The highest BCUT2D eigenvalue weighted by Gasteiger charge is 2.50. The lowest BCUT2D eigenvalue weighted by Crippen LogP contribution is -2.54. The molecule has 2 atom stereocenters. The highest BCUT2D eigenvalue weighted by molar-refractivity contribution is 7.90. The second-order valence-electron chi connectivity index (χ2n) is 21.4. The van der Waals surface area contributed by atoms with E-state index in [2.05, 4.69) is 62.9 Å². The van der Waals surface area contributed by atoms with Gasteiger partial charge in [-0.25, -0.2) is 13.1 Å². The van der Waals surface area contributed by atoms with Gasteiger partial charge in [0, 0.05) is 60.6 Å². The van der Waals surface area contributed by atoms with Crippen LogP contribution in [0.5, 0.6) is 23.1 Å². The maximum atomic E-state index is 14.3. The Hall–Kier alpha value is -5.91. The summed E-state index contributed by atoms with van der Waals surface area (Å²) >= 11 is 0. The highest BCUT2D eigenvalue weighted by atomic mass is 32.2. The van der Waals surface area contributed by atoms with E-state index in [-0.39, 0.29) is 64.5 Å². The number of aromatic nitrogens is 2. The summed E-state index contributed by atoms with van der Waals surface area (Å²) in [5, 5.41) is 27.0. The average molecular weight is 974 g/mol. The number of pyridine rings is 1. The molecule has 1 amide bonds. The third-order valence-corrected chi connectivity index (χ3v) is 17.5. The molecule has 16 nitrogen and oxygen atoms in total. The molecule has 2 saturated heterocycles. The van der Waals surface area contributed by atoms with Gasteiger partial charge >= 0.3 is 0 Å². The van der Waals surface area contributed by atoms with Crippen molar-refractivity contribution in [3.8, 4) is 23.1 Å². The number of ether oxygens (including phenoxy) is 3. The summed E-state index contributed by atoms with van der Waals surface area (Å²) in [5.74, 6) is 0.230. The number of amides is 1. The lowest BCUT2D eigenvalue weighted by atomic mass is 9.59. The first-order chi connectivity index (χ1) is 33.6. The molecular weight excluding hydrogens is 911 g/mol. The minimum absolute atomic E-state index is 0.00122. The van der Waals surface area contributed by atoms with E-state index in [1.165, 1.54) is 42.9 Å². The number of aliphatic hydroxyl groups is 1. The number of hydrogen-bond acceptors (Lipinski definition) is 13. The molecule has 6 aliphatic rings. The van der Waals surface area contributed by atoms with Crippen LogP contribution < -0.4 is 29.1 Å². The summed E-state index contributed by atoms with van der Waals surface area (Å²) in [6.45, 7) is 9.31. The van der Waals surface area contributed by atoms with Crippen molar-refractivity contribution in [1.82, 2.24) is 19.6 Å². The number of sulfonamides is 1. The van der Waals surface area contributed by atoms with Gasteiger partial charge in [-0.1, -0.05) is 38.1 Å². The van der Waals surface area contributed by atoms with Crippen LogP contribution >= 0.6 is 0 Å². The van der Waals surface area contributed by atoms with Gasteiger partial charge in [0.05, 0.1) is 27.0 Å². The molecule has 5 heterocycles. The molecule has 3 aliphatic heterocycles. The van der Waals surface area contributed by atoms with Crippen molar-refractivity contribution in [2.75, 3.05) is 36.5 Å². The third kappa shape index (κ3) is 9.16. The Morgan fingerprint density at radius 2 is 1.74 bits per heavy atom. The number of nitro benzene ring substituents is 1. The fourth-order valence-corrected chi connectivity index (χ4v) is 13.0. The second kappa shape index (κ2) is 18.0. The summed E-state index contributed by atoms with van der Waals surface area (Å²) < 4.78 is 49.3. The first-order valence-electron chi connectivity index (χ1n) is 25.2. The first kappa shape index (κ1) is 46.5. The van der Waals surface area contributed by atoms with Crippen molar-refractivity contribution in [2.24, 2.45) is 11.3 Å². The number of hydrogen-bond donors (Lipinski definition) is 4. The predicted molar refractivity (Wildman–Crippen MR) is 266 cm³/mol. The van der Waals surface area contributed by atoms with Crippen LogP contribution in [0.1, 0.15) is 131 Å². The Morgan fingerprint density at radius 3 is 2.49 bits per heavy atom. The summed E-state index contributed by atoms with van der Waals surface area (Å²) in [6.07, 6.45) is 13.0. The summed E-state index contributed by atoms with van der Waals surface area (Å²) in [5.41, 5.74) is 3.44. The lowest BCUT2D eigenvalue weighted by Gasteiger charge is -2.56. The molecular formula is C53H63N7O9S. The topological polar surface area (TPSA) is 201 Å². The number of carbonyl (C=O) groups excluding carboxylic acids is 1. The molecule has 0 bridgehead atoms. The van der Waals surface area contributed by atoms with Gasteiger partial charge in [0.25, 0.3) is 27.5 Å². The number of nitrogens with one attached hydrogen (secondary N) is 3. The largest absolute Gasteiger partial charge is 0.489 e. The van der Waals surface area contributed by atoms with Gasteiger partial charge in [-0.3, -0.25) is 19.8 Å². The molecule has 5 fully saturated rings. The molecule has 2 aromatic heterocycles. The van der Waals surface area contributed by atoms with E-state index in [9.17, 15) is 28.4 Å². The van der Waals surface area contributed by atoms with Gasteiger partial charge in [0.2, 0.25) is 0 Å². The molecule has 0 unspecified atom stereocenters. The fourth-order valence-electron chi connectivity index (χ4n) is 12.0. The normalized spacial score (nSPS) is 24.7. The van der Waals surface area contributed by atoms with E-state index >= 15 is 0 Å². The molecule has 5 aromatic rings. The van der Waals surface area contributed by atoms with Crippen LogP contribution in [-0.2, 0) is 10.0 Å². The quantitative estimate of drug-likeness (QED) is 0.0642. The van der Waals surface area contributed by atoms with E-state index in [0.717, 1.165) is 62.5 Å². The number of fused-ring (bicyclic) bond motifs is 2. The molecule has 0 radical (unpaired) electrons. The van der Waals surface area contributed by atoms with Crippen molar-refractivity contribution in [3.63, 3.8) is 0 Å². The zero-order chi connectivity index (χ0) is 48.5. The molecule has 3 aromatic carbocycles. The van der Waals surface area contributed by atoms with Crippen LogP contribution in [0.3, 0.4) is 0 Å². The van der Waals surface area contributed by atoms with Crippen LogP contribution in [0.2, 0.25) is 0 Å². The van der Waals surface area contributed by atoms with Crippen molar-refractivity contribution >= 4 is 44.0 Å². The Morgan fingerprint density at radius 1 is 0.971 bits per heavy atom. The second-order valence-corrected chi connectivity index (χ2v) is 23.1. The van der Waals surface area contributed by atoms with E-state index in [4.69, 9.17) is 19.2 Å². The van der Waals surface area contributed by atoms with Crippen LogP contribution in [-0.4, -0.2) is 89.3 Å². The maximum Gasteiger partial charge on any atom is 0.297 e. The molecule has 70 heavy (non-hydrogen) atoms. The van der Waals surface area contributed by atoms with Gasteiger partial charge in [-0.15, -0.1) is 0 Å². The summed E-state index contributed by atoms with van der Waals surface area (Å²) in [6, 6.07) is 20.7. The fraction of sp³-hybridized carbons (Fsp3) is 0.509.